The summed E-state index contributed by atoms with van der Waals surface area (Å²) < 4.78 is 11.3. The van der Waals surface area contributed by atoms with Crippen LogP contribution >= 0.6 is 11.3 Å². The van der Waals surface area contributed by atoms with Gasteiger partial charge >= 0.3 is 12.2 Å². The first kappa shape index (κ1) is 19.8. The molecule has 0 radical (unpaired) electrons. The van der Waals surface area contributed by atoms with Crippen LogP contribution in [0.1, 0.15) is 51.9 Å². The lowest BCUT2D eigenvalue weighted by atomic mass is 10.2. The van der Waals surface area contributed by atoms with E-state index in [-0.39, 0.29) is 5.13 Å². The zero-order valence-electron chi connectivity index (χ0n) is 15.7. The Bertz CT molecular complexity index is 817. The monoisotopic (exact) mass is 378 g/mol. The Balaban J connectivity index is 2.51. The minimum atomic E-state index is -0.890. The van der Waals surface area contributed by atoms with E-state index < -0.39 is 23.4 Å². The second-order valence-corrected chi connectivity index (χ2v) is 8.61. The summed E-state index contributed by atoms with van der Waals surface area (Å²) in [4.78, 5) is 41.5. The molecule has 0 aliphatic carbocycles. The summed E-state index contributed by atoms with van der Waals surface area (Å²) in [5, 5.41) is 0.0813. The number of imide groups is 1. The average molecular weight is 378 g/mol. The molecule has 0 atom stereocenters. The summed E-state index contributed by atoms with van der Waals surface area (Å²) >= 11 is 1.10. The van der Waals surface area contributed by atoms with Crippen molar-refractivity contribution in [2.45, 2.75) is 52.7 Å². The van der Waals surface area contributed by atoms with Crippen molar-refractivity contribution < 1.29 is 23.9 Å². The minimum Gasteiger partial charge on any atom is -0.443 e. The molecule has 0 spiro atoms. The van der Waals surface area contributed by atoms with Crippen molar-refractivity contribution in [1.82, 2.24) is 4.98 Å². The van der Waals surface area contributed by atoms with Gasteiger partial charge in [-0.3, -0.25) is 4.79 Å². The van der Waals surface area contributed by atoms with E-state index in [0.717, 1.165) is 16.2 Å². The fourth-order valence-electron chi connectivity index (χ4n) is 1.99. The van der Waals surface area contributed by atoms with E-state index in [1.807, 2.05) is 0 Å². The number of hydrogen-bond acceptors (Lipinski definition) is 7. The first-order valence-electron chi connectivity index (χ1n) is 8.02. The smallest absolute Gasteiger partial charge is 0.426 e. The largest absolute Gasteiger partial charge is 0.443 e. The third-order valence-corrected chi connectivity index (χ3v) is 3.92. The van der Waals surface area contributed by atoms with Gasteiger partial charge in [-0.05, 0) is 53.7 Å². The number of hydrogen-bond donors (Lipinski definition) is 0. The van der Waals surface area contributed by atoms with Gasteiger partial charge in [0.25, 0.3) is 0 Å². The second kappa shape index (κ2) is 7.03. The van der Waals surface area contributed by atoms with Gasteiger partial charge in [-0.15, -0.1) is 0 Å². The van der Waals surface area contributed by atoms with E-state index in [4.69, 9.17) is 9.47 Å². The fraction of sp³-hybridized carbons (Fsp3) is 0.444. The molecule has 2 aromatic rings. The molecule has 0 aliphatic heterocycles. The summed E-state index contributed by atoms with van der Waals surface area (Å²) in [5.41, 5.74) is -0.817. The van der Waals surface area contributed by atoms with E-state index >= 15 is 0 Å². The van der Waals surface area contributed by atoms with Gasteiger partial charge in [0.1, 0.15) is 11.2 Å². The van der Waals surface area contributed by atoms with Gasteiger partial charge in [0, 0.05) is 5.56 Å². The van der Waals surface area contributed by atoms with Gasteiger partial charge in [-0.1, -0.05) is 17.4 Å². The van der Waals surface area contributed by atoms with Crippen LogP contribution in [0.3, 0.4) is 0 Å². The molecule has 0 unspecified atom stereocenters. The molecule has 1 aromatic carbocycles. The SMILES string of the molecule is CC(C)(C)OC(=O)N(C(=O)OC(C)(C)C)c1nc2c(C=O)cccc2s1. The lowest BCUT2D eigenvalue weighted by Gasteiger charge is -2.27. The number of benzene rings is 1. The summed E-state index contributed by atoms with van der Waals surface area (Å²) in [7, 11) is 0. The number of ether oxygens (including phenoxy) is 2. The average Bonchev–Trinajstić information content (AvgIpc) is 2.86. The maximum absolute atomic E-state index is 12.6. The van der Waals surface area contributed by atoms with Crippen molar-refractivity contribution >= 4 is 45.2 Å². The topological polar surface area (TPSA) is 85.8 Å². The van der Waals surface area contributed by atoms with E-state index in [1.54, 1.807) is 59.7 Å². The predicted molar refractivity (Wildman–Crippen MR) is 100.0 cm³/mol. The Labute approximate surface area is 155 Å². The van der Waals surface area contributed by atoms with Gasteiger partial charge in [0.15, 0.2) is 6.29 Å². The molecule has 0 bridgehead atoms. The van der Waals surface area contributed by atoms with Gasteiger partial charge < -0.3 is 9.47 Å². The van der Waals surface area contributed by atoms with E-state index in [0.29, 0.717) is 22.1 Å². The highest BCUT2D eigenvalue weighted by molar-refractivity contribution is 7.22. The van der Waals surface area contributed by atoms with E-state index in [1.165, 1.54) is 0 Å². The molecule has 140 valence electrons. The summed E-state index contributed by atoms with van der Waals surface area (Å²) in [6.07, 6.45) is -1.10. The molecule has 8 heteroatoms. The number of fused-ring (bicyclic) bond motifs is 1. The highest BCUT2D eigenvalue weighted by Crippen LogP contribution is 2.32. The van der Waals surface area contributed by atoms with Crippen LogP contribution in [-0.4, -0.2) is 34.7 Å². The molecule has 0 aliphatic rings. The Kier molecular flexibility index (Phi) is 5.36. The number of para-hydroxylation sites is 1. The normalized spacial score (nSPS) is 11.9. The van der Waals surface area contributed by atoms with E-state index in [2.05, 4.69) is 4.98 Å². The number of aromatic nitrogens is 1. The molecule has 26 heavy (non-hydrogen) atoms. The quantitative estimate of drug-likeness (QED) is 0.699. The third-order valence-electron chi connectivity index (χ3n) is 2.91. The third kappa shape index (κ3) is 4.78. The van der Waals surface area contributed by atoms with Crippen LogP contribution in [0, 0.1) is 0 Å². The minimum absolute atomic E-state index is 0.0813. The van der Waals surface area contributed by atoms with Gasteiger partial charge in [-0.25, -0.2) is 14.6 Å². The van der Waals surface area contributed by atoms with Gasteiger partial charge in [0.05, 0.1) is 10.2 Å². The predicted octanol–water partition coefficient (Wildman–Crippen LogP) is 4.79. The number of nitrogens with zero attached hydrogens (tertiary/aromatic N) is 2. The summed E-state index contributed by atoms with van der Waals surface area (Å²) in [5.74, 6) is 0. The molecule has 1 aromatic heterocycles. The van der Waals surface area contributed by atoms with Crippen molar-refractivity contribution in [3.63, 3.8) is 0 Å². The molecule has 0 saturated heterocycles. The number of carbonyl (C=O) groups is 3. The zero-order chi connectivity index (χ0) is 19.7. The Hall–Kier alpha value is -2.48. The van der Waals surface area contributed by atoms with Crippen LogP contribution < -0.4 is 4.90 Å². The lowest BCUT2D eigenvalue weighted by molar-refractivity contribution is 0.0430. The maximum atomic E-state index is 12.6. The number of amides is 2. The number of anilines is 1. The van der Waals surface area contributed by atoms with Crippen LogP contribution in [0.4, 0.5) is 14.7 Å². The van der Waals surface area contributed by atoms with Crippen molar-refractivity contribution in [3.8, 4) is 0 Å². The van der Waals surface area contributed by atoms with Crippen LogP contribution in [-0.2, 0) is 9.47 Å². The molecule has 0 saturated carbocycles. The standard InChI is InChI=1S/C18H22N2O5S/c1-17(2,3)24-15(22)20(16(23)25-18(4,5)6)14-19-13-11(10-21)8-7-9-12(13)26-14/h7-10H,1-6H3. The fourth-order valence-corrected chi connectivity index (χ4v) is 2.98. The van der Waals surface area contributed by atoms with Crippen molar-refractivity contribution in [3.05, 3.63) is 23.8 Å². The van der Waals surface area contributed by atoms with E-state index in [9.17, 15) is 14.4 Å². The number of thiazole rings is 1. The second-order valence-electron chi connectivity index (χ2n) is 7.60. The molecule has 7 nitrogen and oxygen atoms in total. The molecule has 2 amide bonds. The van der Waals surface area contributed by atoms with Crippen LogP contribution in [0.2, 0.25) is 0 Å². The van der Waals surface area contributed by atoms with Crippen LogP contribution in [0.25, 0.3) is 10.2 Å². The molecule has 0 fully saturated rings. The highest BCUT2D eigenvalue weighted by atomic mass is 32.1. The van der Waals surface area contributed by atoms with Gasteiger partial charge in [-0.2, -0.15) is 4.90 Å². The lowest BCUT2D eigenvalue weighted by Crippen LogP contribution is -2.43. The van der Waals surface area contributed by atoms with Crippen molar-refractivity contribution in [2.75, 3.05) is 4.90 Å². The Morgan fingerprint density at radius 3 is 2.04 bits per heavy atom. The first-order valence-corrected chi connectivity index (χ1v) is 8.84. The first-order chi connectivity index (χ1) is 11.9. The Morgan fingerprint density at radius 2 is 1.58 bits per heavy atom. The molecular formula is C18H22N2O5S. The zero-order valence-corrected chi connectivity index (χ0v) is 16.5. The number of aldehydes is 1. The van der Waals surface area contributed by atoms with Crippen LogP contribution in [0.5, 0.6) is 0 Å². The van der Waals surface area contributed by atoms with Crippen molar-refractivity contribution in [2.24, 2.45) is 0 Å². The molecule has 0 N–H and O–H groups in total. The molecule has 2 rings (SSSR count). The van der Waals surface area contributed by atoms with Gasteiger partial charge in [0.2, 0.25) is 5.13 Å². The number of rotatable bonds is 2. The maximum Gasteiger partial charge on any atom is 0.426 e. The highest BCUT2D eigenvalue weighted by Gasteiger charge is 2.34. The number of carbonyl (C=O) groups excluding carboxylic acids is 3. The molecule has 1 heterocycles. The Morgan fingerprint density at radius 1 is 1.04 bits per heavy atom. The van der Waals surface area contributed by atoms with Crippen LogP contribution in [0.15, 0.2) is 18.2 Å². The molecular weight excluding hydrogens is 356 g/mol. The van der Waals surface area contributed by atoms with Crippen molar-refractivity contribution in [1.29, 1.82) is 0 Å². The summed E-state index contributed by atoms with van der Waals surface area (Å²) in [6.45, 7) is 10.2. The summed E-state index contributed by atoms with van der Waals surface area (Å²) in [6, 6.07) is 5.08.